The normalized spacial score (nSPS) is 13.2. The van der Waals surface area contributed by atoms with E-state index in [0.717, 1.165) is 0 Å². The maximum atomic E-state index is 11.7. The van der Waals surface area contributed by atoms with Gasteiger partial charge >= 0.3 is 0 Å². The van der Waals surface area contributed by atoms with Crippen molar-refractivity contribution in [2.45, 2.75) is 38.8 Å². The zero-order valence-electron chi connectivity index (χ0n) is 10.0. The van der Waals surface area contributed by atoms with E-state index in [2.05, 4.69) is 5.32 Å². The number of nitrogens with one attached hydrogen (secondary N) is 1. The van der Waals surface area contributed by atoms with Gasteiger partial charge in [-0.05, 0) is 39.3 Å². The molecular weight excluding hydrogens is 202 g/mol. The summed E-state index contributed by atoms with van der Waals surface area (Å²) in [6, 6.07) is 9.02. The second-order valence-corrected chi connectivity index (χ2v) is 4.76. The van der Waals surface area contributed by atoms with Crippen LogP contribution in [0.2, 0.25) is 0 Å². The van der Waals surface area contributed by atoms with E-state index in [0.29, 0.717) is 12.0 Å². The first kappa shape index (κ1) is 12.7. The van der Waals surface area contributed by atoms with Crippen LogP contribution in [-0.4, -0.2) is 22.7 Å². The molecule has 88 valence electrons. The summed E-state index contributed by atoms with van der Waals surface area (Å²) in [6.07, 6.45) is 0.533. The van der Waals surface area contributed by atoms with Crippen LogP contribution in [-0.2, 0) is 0 Å². The van der Waals surface area contributed by atoms with Gasteiger partial charge in [-0.1, -0.05) is 18.2 Å². The van der Waals surface area contributed by atoms with E-state index in [4.69, 9.17) is 0 Å². The molecule has 0 aliphatic rings. The summed E-state index contributed by atoms with van der Waals surface area (Å²) >= 11 is 0. The third kappa shape index (κ3) is 4.45. The van der Waals surface area contributed by atoms with Gasteiger partial charge in [0.2, 0.25) is 0 Å². The number of benzene rings is 1. The van der Waals surface area contributed by atoms with E-state index in [1.54, 1.807) is 26.0 Å². The summed E-state index contributed by atoms with van der Waals surface area (Å²) in [5, 5.41) is 12.5. The summed E-state index contributed by atoms with van der Waals surface area (Å²) in [6.45, 7) is 5.36. The zero-order valence-corrected chi connectivity index (χ0v) is 10.0. The SMILES string of the molecule is CC(CC(C)(C)O)NC(=O)c1ccccc1. The van der Waals surface area contributed by atoms with Crippen molar-refractivity contribution >= 4 is 5.91 Å². The van der Waals surface area contributed by atoms with E-state index in [1.165, 1.54) is 0 Å². The number of aliphatic hydroxyl groups is 1. The number of hydrogen-bond acceptors (Lipinski definition) is 2. The van der Waals surface area contributed by atoms with Gasteiger partial charge in [-0.15, -0.1) is 0 Å². The monoisotopic (exact) mass is 221 g/mol. The first-order valence-electron chi connectivity index (χ1n) is 5.47. The van der Waals surface area contributed by atoms with E-state index in [1.807, 2.05) is 25.1 Å². The highest BCUT2D eigenvalue weighted by atomic mass is 16.3. The van der Waals surface area contributed by atoms with Crippen LogP contribution in [0.5, 0.6) is 0 Å². The number of carbonyl (C=O) groups is 1. The number of carbonyl (C=O) groups excluding carboxylic acids is 1. The van der Waals surface area contributed by atoms with Crippen molar-refractivity contribution in [2.24, 2.45) is 0 Å². The van der Waals surface area contributed by atoms with Gasteiger partial charge in [-0.2, -0.15) is 0 Å². The summed E-state index contributed by atoms with van der Waals surface area (Å²) in [5.41, 5.74) is -0.117. The summed E-state index contributed by atoms with van der Waals surface area (Å²) in [7, 11) is 0. The quantitative estimate of drug-likeness (QED) is 0.816. The van der Waals surface area contributed by atoms with Crippen LogP contribution in [0.4, 0.5) is 0 Å². The van der Waals surface area contributed by atoms with Crippen LogP contribution in [0.15, 0.2) is 30.3 Å². The Hall–Kier alpha value is -1.35. The van der Waals surface area contributed by atoms with Crippen LogP contribution >= 0.6 is 0 Å². The van der Waals surface area contributed by atoms with Crippen molar-refractivity contribution in [3.8, 4) is 0 Å². The molecule has 1 aromatic carbocycles. The molecule has 1 rings (SSSR count). The van der Waals surface area contributed by atoms with Crippen LogP contribution < -0.4 is 5.32 Å². The van der Waals surface area contributed by atoms with Gasteiger partial charge < -0.3 is 10.4 Å². The average Bonchev–Trinajstić information content (AvgIpc) is 2.16. The highest BCUT2D eigenvalue weighted by Gasteiger charge is 2.18. The van der Waals surface area contributed by atoms with Gasteiger partial charge in [0.15, 0.2) is 0 Å². The molecule has 0 saturated carbocycles. The molecule has 0 aliphatic heterocycles. The lowest BCUT2D eigenvalue weighted by Crippen LogP contribution is -2.38. The van der Waals surface area contributed by atoms with E-state index in [-0.39, 0.29) is 11.9 Å². The van der Waals surface area contributed by atoms with Crippen molar-refractivity contribution < 1.29 is 9.90 Å². The van der Waals surface area contributed by atoms with E-state index >= 15 is 0 Å². The molecule has 1 aromatic rings. The fraction of sp³-hybridized carbons (Fsp3) is 0.462. The third-order valence-corrected chi connectivity index (χ3v) is 2.22. The molecule has 16 heavy (non-hydrogen) atoms. The van der Waals surface area contributed by atoms with Gasteiger partial charge in [0.1, 0.15) is 0 Å². The molecule has 0 aliphatic carbocycles. The fourth-order valence-electron chi connectivity index (χ4n) is 1.70. The minimum absolute atomic E-state index is 0.0484. The highest BCUT2D eigenvalue weighted by molar-refractivity contribution is 5.94. The van der Waals surface area contributed by atoms with Gasteiger partial charge in [-0.3, -0.25) is 4.79 Å². The second-order valence-electron chi connectivity index (χ2n) is 4.76. The Morgan fingerprint density at radius 2 is 1.94 bits per heavy atom. The molecule has 0 bridgehead atoms. The molecule has 0 spiro atoms. The lowest BCUT2D eigenvalue weighted by Gasteiger charge is -2.22. The molecule has 1 atom stereocenters. The molecule has 1 unspecified atom stereocenters. The zero-order chi connectivity index (χ0) is 12.2. The molecule has 0 fully saturated rings. The summed E-state index contributed by atoms with van der Waals surface area (Å²) in [5.74, 6) is -0.0997. The minimum Gasteiger partial charge on any atom is -0.390 e. The minimum atomic E-state index is -0.761. The molecule has 1 amide bonds. The van der Waals surface area contributed by atoms with Crippen molar-refractivity contribution in [1.82, 2.24) is 5.32 Å². The predicted octanol–water partition coefficient (Wildman–Crippen LogP) is 1.97. The van der Waals surface area contributed by atoms with Gasteiger partial charge in [-0.25, -0.2) is 0 Å². The van der Waals surface area contributed by atoms with Crippen molar-refractivity contribution in [2.75, 3.05) is 0 Å². The van der Waals surface area contributed by atoms with Crippen molar-refractivity contribution in [3.63, 3.8) is 0 Å². The van der Waals surface area contributed by atoms with Crippen molar-refractivity contribution in [1.29, 1.82) is 0 Å². The number of rotatable bonds is 4. The molecule has 3 nitrogen and oxygen atoms in total. The van der Waals surface area contributed by atoms with Crippen LogP contribution in [0.3, 0.4) is 0 Å². The first-order valence-corrected chi connectivity index (χ1v) is 5.47. The van der Waals surface area contributed by atoms with Crippen LogP contribution in [0, 0.1) is 0 Å². The largest absolute Gasteiger partial charge is 0.390 e. The van der Waals surface area contributed by atoms with Crippen LogP contribution in [0.1, 0.15) is 37.6 Å². The molecule has 3 heteroatoms. The molecular formula is C13H19NO2. The Kier molecular flexibility index (Phi) is 4.07. The summed E-state index contributed by atoms with van der Waals surface area (Å²) in [4.78, 5) is 11.7. The third-order valence-electron chi connectivity index (χ3n) is 2.22. The average molecular weight is 221 g/mol. The topological polar surface area (TPSA) is 49.3 Å². The van der Waals surface area contributed by atoms with Gasteiger partial charge in [0.25, 0.3) is 5.91 Å². The Bertz CT molecular complexity index is 341. The van der Waals surface area contributed by atoms with E-state index < -0.39 is 5.60 Å². The maximum absolute atomic E-state index is 11.7. The summed E-state index contributed by atoms with van der Waals surface area (Å²) < 4.78 is 0. The molecule has 0 heterocycles. The highest BCUT2D eigenvalue weighted by Crippen LogP contribution is 2.10. The first-order chi connectivity index (χ1) is 7.38. The van der Waals surface area contributed by atoms with Crippen LogP contribution in [0.25, 0.3) is 0 Å². The smallest absolute Gasteiger partial charge is 0.251 e. The molecule has 0 radical (unpaired) electrons. The molecule has 0 aromatic heterocycles. The standard InChI is InChI=1S/C13H19NO2/c1-10(9-13(2,3)16)14-12(15)11-7-5-4-6-8-11/h4-8,10,16H,9H2,1-3H3,(H,14,15). The lowest BCUT2D eigenvalue weighted by atomic mass is 10.00. The number of hydrogen-bond donors (Lipinski definition) is 2. The number of amides is 1. The Balaban J connectivity index is 2.53. The molecule has 2 N–H and O–H groups in total. The van der Waals surface area contributed by atoms with Gasteiger partial charge in [0.05, 0.1) is 5.60 Å². The Morgan fingerprint density at radius 3 is 2.44 bits per heavy atom. The Morgan fingerprint density at radius 1 is 1.38 bits per heavy atom. The maximum Gasteiger partial charge on any atom is 0.251 e. The molecule has 0 saturated heterocycles. The van der Waals surface area contributed by atoms with Gasteiger partial charge in [0, 0.05) is 11.6 Å². The second kappa shape index (κ2) is 5.12. The fourth-order valence-corrected chi connectivity index (χ4v) is 1.70. The van der Waals surface area contributed by atoms with Crippen molar-refractivity contribution in [3.05, 3.63) is 35.9 Å². The lowest BCUT2D eigenvalue weighted by molar-refractivity contribution is 0.0593. The predicted molar refractivity (Wildman–Crippen MR) is 64.3 cm³/mol. The Labute approximate surface area is 96.5 Å². The van der Waals surface area contributed by atoms with E-state index in [9.17, 15) is 9.90 Å².